The third kappa shape index (κ3) is 3.67. The maximum Gasteiger partial charge on any atom is 0.306 e. The molecule has 0 aromatic carbocycles. The number of carbonyl (C=O) groups is 1. The second-order valence-corrected chi connectivity index (χ2v) is 4.50. The lowest BCUT2D eigenvalue weighted by Gasteiger charge is -2.25. The molecule has 1 atom stereocenters. The second kappa shape index (κ2) is 5.63. The predicted molar refractivity (Wildman–Crippen MR) is 55.7 cm³/mol. The highest BCUT2D eigenvalue weighted by atomic mass is 79.9. The van der Waals surface area contributed by atoms with Crippen molar-refractivity contribution in [3.8, 4) is 0 Å². The Kier molecular flexibility index (Phi) is 4.78. The number of hydrogen-bond donors (Lipinski definition) is 0. The van der Waals surface area contributed by atoms with Crippen LogP contribution in [0.5, 0.6) is 0 Å². The van der Waals surface area contributed by atoms with E-state index in [0.29, 0.717) is 12.3 Å². The van der Waals surface area contributed by atoms with Gasteiger partial charge in [-0.05, 0) is 28.8 Å². The maximum atomic E-state index is 11.0. The molecule has 2 nitrogen and oxygen atoms in total. The van der Waals surface area contributed by atoms with E-state index in [0.717, 1.165) is 0 Å². The lowest BCUT2D eigenvalue weighted by Crippen LogP contribution is -2.23. The Labute approximate surface area is 88.2 Å². The molecule has 0 saturated heterocycles. The van der Waals surface area contributed by atoms with Crippen molar-refractivity contribution in [2.75, 3.05) is 0 Å². The Balaban J connectivity index is 2.28. The Hall–Kier alpha value is -0.0500. The quantitative estimate of drug-likeness (QED) is 0.567. The van der Waals surface area contributed by atoms with Crippen LogP contribution in [-0.4, -0.2) is 11.0 Å². The van der Waals surface area contributed by atoms with Gasteiger partial charge in [0.1, 0.15) is 0 Å². The van der Waals surface area contributed by atoms with Crippen molar-refractivity contribution in [3.05, 3.63) is 0 Å². The minimum Gasteiger partial charge on any atom is -0.450 e. The van der Waals surface area contributed by atoms with Gasteiger partial charge < -0.3 is 4.74 Å². The Morgan fingerprint density at radius 3 is 2.62 bits per heavy atom. The van der Waals surface area contributed by atoms with Crippen LogP contribution in [0.25, 0.3) is 0 Å². The van der Waals surface area contributed by atoms with Crippen LogP contribution in [0.3, 0.4) is 0 Å². The minimum atomic E-state index is -0.104. The van der Waals surface area contributed by atoms with Crippen molar-refractivity contribution in [3.63, 3.8) is 0 Å². The first kappa shape index (κ1) is 11.0. The van der Waals surface area contributed by atoms with Crippen molar-refractivity contribution in [1.82, 2.24) is 0 Å². The van der Waals surface area contributed by atoms with E-state index in [-0.39, 0.29) is 11.0 Å². The topological polar surface area (TPSA) is 26.3 Å². The number of carbonyl (C=O) groups excluding carboxylic acids is 1. The Morgan fingerprint density at radius 1 is 1.46 bits per heavy atom. The van der Waals surface area contributed by atoms with Gasteiger partial charge in [0, 0.05) is 12.3 Å². The first-order valence-electron chi connectivity index (χ1n) is 5.07. The molecule has 3 heteroatoms. The van der Waals surface area contributed by atoms with E-state index in [9.17, 15) is 4.79 Å². The summed E-state index contributed by atoms with van der Waals surface area (Å²) in [7, 11) is 0. The summed E-state index contributed by atoms with van der Waals surface area (Å²) in [5, 5.41) is -0.0553. The molecule has 0 aromatic heterocycles. The van der Waals surface area contributed by atoms with E-state index in [1.165, 1.54) is 32.1 Å². The van der Waals surface area contributed by atoms with Gasteiger partial charge in [0.05, 0.1) is 0 Å². The van der Waals surface area contributed by atoms with Crippen LogP contribution >= 0.6 is 15.9 Å². The van der Waals surface area contributed by atoms with Gasteiger partial charge >= 0.3 is 5.97 Å². The Morgan fingerprint density at radius 2 is 2.08 bits per heavy atom. The van der Waals surface area contributed by atoms with Gasteiger partial charge in [-0.1, -0.05) is 26.2 Å². The number of hydrogen-bond acceptors (Lipinski definition) is 2. The number of alkyl halides is 1. The second-order valence-electron chi connectivity index (χ2n) is 3.59. The predicted octanol–water partition coefficient (Wildman–Crippen LogP) is 3.24. The fourth-order valence-corrected chi connectivity index (χ4v) is 2.44. The summed E-state index contributed by atoms with van der Waals surface area (Å²) in [6, 6.07) is 0. The van der Waals surface area contributed by atoms with E-state index in [2.05, 4.69) is 15.9 Å². The summed E-state index contributed by atoms with van der Waals surface area (Å²) in [6.45, 7) is 1.82. The van der Waals surface area contributed by atoms with E-state index in [1.807, 2.05) is 6.92 Å². The lowest BCUT2D eigenvalue weighted by molar-refractivity contribution is -0.146. The zero-order valence-electron chi connectivity index (χ0n) is 8.09. The molecule has 1 aliphatic carbocycles. The monoisotopic (exact) mass is 248 g/mol. The SMILES string of the molecule is CCC(=O)OC(Br)C1CCCCC1. The number of halogens is 1. The van der Waals surface area contributed by atoms with Crippen LogP contribution in [0.4, 0.5) is 0 Å². The summed E-state index contributed by atoms with van der Waals surface area (Å²) < 4.78 is 5.22. The smallest absolute Gasteiger partial charge is 0.306 e. The van der Waals surface area contributed by atoms with Crippen molar-refractivity contribution >= 4 is 21.9 Å². The number of ether oxygens (including phenoxy) is 1. The van der Waals surface area contributed by atoms with Gasteiger partial charge in [-0.15, -0.1) is 0 Å². The van der Waals surface area contributed by atoms with Crippen molar-refractivity contribution < 1.29 is 9.53 Å². The fourth-order valence-electron chi connectivity index (χ4n) is 1.70. The van der Waals surface area contributed by atoms with Crippen LogP contribution in [0, 0.1) is 5.92 Å². The molecule has 1 unspecified atom stereocenters. The highest BCUT2D eigenvalue weighted by Gasteiger charge is 2.23. The van der Waals surface area contributed by atoms with Crippen LogP contribution < -0.4 is 0 Å². The summed E-state index contributed by atoms with van der Waals surface area (Å²) in [5.74, 6) is 0.427. The highest BCUT2D eigenvalue weighted by Crippen LogP contribution is 2.30. The summed E-state index contributed by atoms with van der Waals surface area (Å²) in [4.78, 5) is 11.0. The number of rotatable bonds is 3. The molecule has 1 aliphatic rings. The molecule has 0 heterocycles. The third-order valence-corrected chi connectivity index (χ3v) is 3.49. The molecule has 76 valence electrons. The molecule has 0 bridgehead atoms. The van der Waals surface area contributed by atoms with Crippen LogP contribution in [-0.2, 0) is 9.53 Å². The molecule has 0 radical (unpaired) electrons. The average molecular weight is 249 g/mol. The number of esters is 1. The normalized spacial score (nSPS) is 21.1. The van der Waals surface area contributed by atoms with Crippen molar-refractivity contribution in [1.29, 1.82) is 0 Å². The van der Waals surface area contributed by atoms with Gasteiger partial charge in [-0.2, -0.15) is 0 Å². The van der Waals surface area contributed by atoms with Gasteiger partial charge in [0.25, 0.3) is 0 Å². The zero-order chi connectivity index (χ0) is 9.68. The van der Waals surface area contributed by atoms with Gasteiger partial charge in [-0.3, -0.25) is 4.79 Å². The van der Waals surface area contributed by atoms with Gasteiger partial charge in [0.2, 0.25) is 0 Å². The summed E-state index contributed by atoms with van der Waals surface area (Å²) in [5.41, 5.74) is 0. The third-order valence-electron chi connectivity index (χ3n) is 2.55. The molecule has 0 aromatic rings. The van der Waals surface area contributed by atoms with Crippen molar-refractivity contribution in [2.45, 2.75) is 50.5 Å². The highest BCUT2D eigenvalue weighted by molar-refractivity contribution is 9.09. The molecule has 1 fully saturated rings. The Bertz CT molecular complexity index is 164. The molecule has 0 N–H and O–H groups in total. The zero-order valence-corrected chi connectivity index (χ0v) is 9.68. The first-order valence-corrected chi connectivity index (χ1v) is 5.99. The van der Waals surface area contributed by atoms with Gasteiger partial charge in [-0.25, -0.2) is 0 Å². The molecule has 1 rings (SSSR count). The first-order chi connectivity index (χ1) is 6.24. The standard InChI is InChI=1S/C10H17BrO2/c1-2-9(12)13-10(11)8-6-4-3-5-7-8/h8,10H,2-7H2,1H3. The molecule has 0 amide bonds. The van der Waals surface area contributed by atoms with Crippen LogP contribution in [0.2, 0.25) is 0 Å². The average Bonchev–Trinajstić information content (AvgIpc) is 2.19. The fraction of sp³-hybridized carbons (Fsp3) is 0.900. The molecular weight excluding hydrogens is 232 g/mol. The van der Waals surface area contributed by atoms with Crippen LogP contribution in [0.1, 0.15) is 45.4 Å². The van der Waals surface area contributed by atoms with E-state index >= 15 is 0 Å². The molecule has 13 heavy (non-hydrogen) atoms. The largest absolute Gasteiger partial charge is 0.450 e. The molecule has 0 spiro atoms. The molecule has 0 aliphatic heterocycles. The summed E-state index contributed by atoms with van der Waals surface area (Å²) >= 11 is 3.44. The van der Waals surface area contributed by atoms with Crippen molar-refractivity contribution in [2.24, 2.45) is 5.92 Å². The molecular formula is C10H17BrO2. The van der Waals surface area contributed by atoms with E-state index in [4.69, 9.17) is 4.74 Å². The van der Waals surface area contributed by atoms with E-state index < -0.39 is 0 Å². The maximum absolute atomic E-state index is 11.0. The van der Waals surface area contributed by atoms with E-state index in [1.54, 1.807) is 0 Å². The van der Waals surface area contributed by atoms with Crippen LogP contribution in [0.15, 0.2) is 0 Å². The minimum absolute atomic E-state index is 0.0553. The molecule has 1 saturated carbocycles. The summed E-state index contributed by atoms with van der Waals surface area (Å²) in [6.07, 6.45) is 6.72. The lowest BCUT2D eigenvalue weighted by atomic mass is 9.90. The van der Waals surface area contributed by atoms with Gasteiger partial charge in [0.15, 0.2) is 5.01 Å².